The zero-order valence-electron chi connectivity index (χ0n) is 20.6. The first kappa shape index (κ1) is 26.1. The van der Waals surface area contributed by atoms with E-state index < -0.39 is 17.9 Å². The number of para-hydroxylation sites is 2. The van der Waals surface area contributed by atoms with Crippen molar-refractivity contribution < 1.29 is 14.7 Å². The Morgan fingerprint density at radius 3 is 2.43 bits per heavy atom. The maximum absolute atomic E-state index is 13.6. The molecule has 1 heterocycles. The first-order valence-corrected chi connectivity index (χ1v) is 12.7. The van der Waals surface area contributed by atoms with E-state index in [0.29, 0.717) is 24.4 Å². The molecule has 4 rings (SSSR count). The number of amides is 1. The molecule has 3 N–H and O–H groups in total. The maximum Gasteiger partial charge on any atom is 0.336 e. The van der Waals surface area contributed by atoms with Crippen LogP contribution in [0.15, 0.2) is 72.8 Å². The van der Waals surface area contributed by atoms with Crippen LogP contribution in [0.2, 0.25) is 0 Å². The average molecular weight is 517 g/mol. The Balaban J connectivity index is 1.66. The molecule has 0 radical (unpaired) electrons. The van der Waals surface area contributed by atoms with Crippen LogP contribution in [-0.2, 0) is 7.05 Å². The van der Waals surface area contributed by atoms with Gasteiger partial charge in [-0.05, 0) is 54.7 Å². The number of carbonyl (C=O) groups is 2. The SMILES string of the molecule is Cn1c([C@H](CCCCC(=N)CCl)NC(=O)c2cc(-c3ccccc3)ccc2C(=O)O)nc2ccccc21. The number of rotatable bonds is 11. The number of aryl methyl sites for hydroxylation is 1. The monoisotopic (exact) mass is 516 g/mol. The van der Waals surface area contributed by atoms with Crippen molar-refractivity contribution in [1.82, 2.24) is 14.9 Å². The quantitative estimate of drug-likeness (QED) is 0.125. The van der Waals surface area contributed by atoms with Crippen molar-refractivity contribution in [3.05, 3.63) is 89.7 Å². The van der Waals surface area contributed by atoms with Gasteiger partial charge in [-0.1, -0.05) is 55.0 Å². The molecule has 1 amide bonds. The molecule has 0 spiro atoms. The normalized spacial score (nSPS) is 11.8. The van der Waals surface area contributed by atoms with Gasteiger partial charge in [-0.25, -0.2) is 9.78 Å². The Hall–Kier alpha value is -3.97. The molecule has 8 heteroatoms. The molecule has 0 bridgehead atoms. The first-order valence-electron chi connectivity index (χ1n) is 12.2. The number of aromatic nitrogens is 2. The zero-order valence-corrected chi connectivity index (χ0v) is 21.3. The number of nitrogens with zero attached hydrogens (tertiary/aromatic N) is 2. The molecule has 3 aromatic carbocycles. The molecule has 37 heavy (non-hydrogen) atoms. The highest BCUT2D eigenvalue weighted by Crippen LogP contribution is 2.26. The van der Waals surface area contributed by atoms with Gasteiger partial charge in [-0.3, -0.25) is 4.79 Å². The number of aromatic carboxylic acids is 1. The molecule has 4 aromatic rings. The Morgan fingerprint density at radius 1 is 1.00 bits per heavy atom. The summed E-state index contributed by atoms with van der Waals surface area (Å²) in [5.41, 5.74) is 3.93. The fraction of sp³-hybridized carbons (Fsp3) is 0.241. The minimum absolute atomic E-state index is 0.0588. The number of halogens is 1. The van der Waals surface area contributed by atoms with E-state index in [1.807, 2.05) is 66.2 Å². The van der Waals surface area contributed by atoms with E-state index in [9.17, 15) is 14.7 Å². The fourth-order valence-corrected chi connectivity index (χ4v) is 4.59. The number of unbranched alkanes of at least 4 members (excludes halogenated alkanes) is 1. The second-order valence-electron chi connectivity index (χ2n) is 8.96. The van der Waals surface area contributed by atoms with Crippen LogP contribution >= 0.6 is 11.6 Å². The summed E-state index contributed by atoms with van der Waals surface area (Å²) in [7, 11) is 1.91. The number of carboxylic acid groups (broad SMARTS) is 1. The van der Waals surface area contributed by atoms with Crippen molar-refractivity contribution in [1.29, 1.82) is 5.41 Å². The summed E-state index contributed by atoms with van der Waals surface area (Å²) in [6, 6.07) is 21.6. The lowest BCUT2D eigenvalue weighted by Gasteiger charge is -2.20. The molecule has 0 saturated heterocycles. The molecule has 0 aliphatic rings. The predicted molar refractivity (Wildman–Crippen MR) is 147 cm³/mol. The molecule has 190 valence electrons. The zero-order chi connectivity index (χ0) is 26.4. The van der Waals surface area contributed by atoms with Crippen molar-refractivity contribution in [2.45, 2.75) is 31.7 Å². The number of nitrogens with one attached hydrogen (secondary N) is 2. The van der Waals surface area contributed by atoms with E-state index in [0.717, 1.165) is 35.0 Å². The summed E-state index contributed by atoms with van der Waals surface area (Å²) in [4.78, 5) is 30.3. The van der Waals surface area contributed by atoms with Crippen molar-refractivity contribution in [2.75, 3.05) is 5.88 Å². The van der Waals surface area contributed by atoms with Crippen LogP contribution in [0.4, 0.5) is 0 Å². The highest BCUT2D eigenvalue weighted by molar-refractivity contribution is 6.28. The van der Waals surface area contributed by atoms with Gasteiger partial charge in [0.15, 0.2) is 0 Å². The van der Waals surface area contributed by atoms with E-state index in [1.54, 1.807) is 12.1 Å². The van der Waals surface area contributed by atoms with Crippen LogP contribution in [0, 0.1) is 5.41 Å². The summed E-state index contributed by atoms with van der Waals surface area (Å²) >= 11 is 5.75. The molecule has 0 aliphatic heterocycles. The van der Waals surface area contributed by atoms with Gasteiger partial charge in [0.05, 0.1) is 34.1 Å². The molecule has 1 atom stereocenters. The predicted octanol–water partition coefficient (Wildman–Crippen LogP) is 6.23. The number of hydrogen-bond acceptors (Lipinski definition) is 4. The third kappa shape index (κ3) is 6.06. The minimum Gasteiger partial charge on any atom is -0.478 e. The van der Waals surface area contributed by atoms with Crippen LogP contribution in [0.1, 0.15) is 58.3 Å². The number of carbonyl (C=O) groups excluding carboxylic acids is 1. The Bertz CT molecular complexity index is 1430. The lowest BCUT2D eigenvalue weighted by atomic mass is 9.98. The molecule has 0 fully saturated rings. The Morgan fingerprint density at radius 2 is 1.73 bits per heavy atom. The third-order valence-corrected chi connectivity index (χ3v) is 6.75. The van der Waals surface area contributed by atoms with Gasteiger partial charge in [-0.15, -0.1) is 11.6 Å². The fourth-order valence-electron chi connectivity index (χ4n) is 4.46. The number of hydrogen-bond donors (Lipinski definition) is 3. The van der Waals surface area contributed by atoms with Gasteiger partial charge >= 0.3 is 5.97 Å². The van der Waals surface area contributed by atoms with E-state index in [1.165, 1.54) is 6.07 Å². The maximum atomic E-state index is 13.6. The van der Waals surface area contributed by atoms with Crippen molar-refractivity contribution >= 4 is 40.2 Å². The summed E-state index contributed by atoms with van der Waals surface area (Å²) in [6.07, 6.45) is 2.67. The van der Waals surface area contributed by atoms with Gasteiger partial charge < -0.3 is 20.4 Å². The topological polar surface area (TPSA) is 108 Å². The smallest absolute Gasteiger partial charge is 0.336 e. The molecule has 1 aromatic heterocycles. The van der Waals surface area contributed by atoms with Crippen LogP contribution < -0.4 is 5.32 Å². The van der Waals surface area contributed by atoms with Gasteiger partial charge in [0, 0.05) is 12.8 Å². The molecule has 0 aliphatic carbocycles. The van der Waals surface area contributed by atoms with Crippen molar-refractivity contribution in [3.8, 4) is 11.1 Å². The summed E-state index contributed by atoms with van der Waals surface area (Å²) in [5.74, 6) is -0.733. The van der Waals surface area contributed by atoms with E-state index in [2.05, 4.69) is 5.32 Å². The lowest BCUT2D eigenvalue weighted by molar-refractivity contribution is 0.0690. The molecular weight excluding hydrogens is 488 g/mol. The summed E-state index contributed by atoms with van der Waals surface area (Å²) in [6.45, 7) is 0. The van der Waals surface area contributed by atoms with E-state index in [-0.39, 0.29) is 17.0 Å². The van der Waals surface area contributed by atoms with Crippen LogP contribution in [0.3, 0.4) is 0 Å². The number of imidazole rings is 1. The number of carboxylic acids is 1. The molecule has 0 saturated carbocycles. The van der Waals surface area contributed by atoms with Crippen LogP contribution in [0.5, 0.6) is 0 Å². The molecule has 0 unspecified atom stereocenters. The van der Waals surface area contributed by atoms with Gasteiger partial charge in [-0.2, -0.15) is 0 Å². The third-order valence-electron chi connectivity index (χ3n) is 6.42. The molecular formula is C29H29ClN4O3. The Kier molecular flexibility index (Phi) is 8.36. The second-order valence-corrected chi connectivity index (χ2v) is 9.23. The summed E-state index contributed by atoms with van der Waals surface area (Å²) < 4.78 is 1.96. The largest absolute Gasteiger partial charge is 0.478 e. The highest BCUT2D eigenvalue weighted by atomic mass is 35.5. The van der Waals surface area contributed by atoms with Crippen molar-refractivity contribution in [2.24, 2.45) is 7.05 Å². The Labute approximate surface area is 220 Å². The number of alkyl halides is 1. The van der Waals surface area contributed by atoms with E-state index >= 15 is 0 Å². The van der Waals surface area contributed by atoms with Crippen molar-refractivity contribution in [3.63, 3.8) is 0 Å². The minimum atomic E-state index is -1.16. The standard InChI is InChI=1S/C29H29ClN4O3/c1-34-26-14-8-7-12-24(26)32-27(34)25(13-6-5-11-21(31)18-30)33-28(35)23-17-20(15-16-22(23)29(36)37)19-9-3-2-4-10-19/h2-4,7-10,12,14-17,25,31H,5-6,11,13,18H2,1H3,(H,33,35)(H,36,37)/t25-/m0/s1. The van der Waals surface area contributed by atoms with Gasteiger partial charge in [0.2, 0.25) is 0 Å². The number of fused-ring (bicyclic) bond motifs is 1. The first-order chi connectivity index (χ1) is 17.9. The van der Waals surface area contributed by atoms with Gasteiger partial charge in [0.25, 0.3) is 5.91 Å². The van der Waals surface area contributed by atoms with E-state index in [4.69, 9.17) is 22.0 Å². The molecule has 7 nitrogen and oxygen atoms in total. The number of benzene rings is 3. The average Bonchev–Trinajstić information content (AvgIpc) is 3.26. The summed E-state index contributed by atoms with van der Waals surface area (Å²) in [5, 5.41) is 20.7. The lowest BCUT2D eigenvalue weighted by Crippen LogP contribution is -2.31. The van der Waals surface area contributed by atoms with Crippen LogP contribution in [-0.4, -0.2) is 38.1 Å². The van der Waals surface area contributed by atoms with Crippen LogP contribution in [0.25, 0.3) is 22.2 Å². The van der Waals surface area contributed by atoms with Gasteiger partial charge in [0.1, 0.15) is 5.82 Å². The second kappa shape index (κ2) is 11.8. The highest BCUT2D eigenvalue weighted by Gasteiger charge is 2.24.